The molecule has 19 heavy (non-hydrogen) atoms. The van der Waals surface area contributed by atoms with Crippen molar-refractivity contribution in [3.05, 3.63) is 18.2 Å². The highest BCUT2D eigenvalue weighted by Gasteiger charge is 2.13. The summed E-state index contributed by atoms with van der Waals surface area (Å²) in [7, 11) is 3.53. The van der Waals surface area contributed by atoms with Crippen molar-refractivity contribution in [1.29, 1.82) is 0 Å². The largest absolute Gasteiger partial charge is 0.481 e. The van der Waals surface area contributed by atoms with Crippen LogP contribution in [0.4, 0.5) is 4.79 Å². The number of aliphatic carboxylic acids is 1. The molecule has 0 aromatic carbocycles. The average Bonchev–Trinajstić information content (AvgIpc) is 2.74. The molecular weight excluding hydrogens is 248 g/mol. The number of urea groups is 1. The fourth-order valence-electron chi connectivity index (χ4n) is 1.49. The van der Waals surface area contributed by atoms with Gasteiger partial charge in [-0.05, 0) is 6.42 Å². The summed E-state index contributed by atoms with van der Waals surface area (Å²) in [5.74, 6) is -0.521. The number of carbonyl (C=O) groups excluding carboxylic acids is 1. The zero-order valence-corrected chi connectivity index (χ0v) is 11.5. The van der Waals surface area contributed by atoms with E-state index in [2.05, 4.69) is 10.3 Å². The summed E-state index contributed by atoms with van der Waals surface area (Å²) in [4.78, 5) is 28.0. The molecule has 0 aliphatic rings. The van der Waals surface area contributed by atoms with Gasteiger partial charge >= 0.3 is 12.0 Å². The zero-order valence-electron chi connectivity index (χ0n) is 11.5. The normalized spacial score (nSPS) is 11.9. The lowest BCUT2D eigenvalue weighted by Gasteiger charge is -2.18. The van der Waals surface area contributed by atoms with Gasteiger partial charge in [0.05, 0.1) is 12.5 Å². The number of carboxylic acid groups (broad SMARTS) is 1. The van der Waals surface area contributed by atoms with E-state index in [0.717, 1.165) is 5.82 Å². The van der Waals surface area contributed by atoms with Gasteiger partial charge in [-0.1, -0.05) is 6.92 Å². The van der Waals surface area contributed by atoms with Crippen LogP contribution in [0.25, 0.3) is 0 Å². The Labute approximate surface area is 112 Å². The minimum absolute atomic E-state index is 0.236. The molecular formula is C12H20N4O3. The van der Waals surface area contributed by atoms with Crippen LogP contribution in [0.2, 0.25) is 0 Å². The van der Waals surface area contributed by atoms with E-state index in [-0.39, 0.29) is 6.03 Å². The fourth-order valence-corrected chi connectivity index (χ4v) is 1.49. The van der Waals surface area contributed by atoms with Crippen molar-refractivity contribution in [2.75, 3.05) is 13.6 Å². The second-order valence-electron chi connectivity index (χ2n) is 4.57. The first-order valence-corrected chi connectivity index (χ1v) is 6.09. The molecule has 2 N–H and O–H groups in total. The van der Waals surface area contributed by atoms with Crippen molar-refractivity contribution in [1.82, 2.24) is 19.8 Å². The SMILES string of the molecule is CC(CCNC(=O)N(C)Cc1nccn1C)C(=O)O. The van der Waals surface area contributed by atoms with Gasteiger partial charge in [0.15, 0.2) is 0 Å². The van der Waals surface area contributed by atoms with Crippen LogP contribution >= 0.6 is 0 Å². The molecule has 0 saturated heterocycles. The summed E-state index contributed by atoms with van der Waals surface area (Å²) in [5.41, 5.74) is 0. The van der Waals surface area contributed by atoms with Crippen molar-refractivity contribution in [3.8, 4) is 0 Å². The molecule has 0 bridgehead atoms. The number of rotatable bonds is 6. The third-order valence-electron chi connectivity index (χ3n) is 2.92. The Kier molecular flexibility index (Phi) is 5.35. The van der Waals surface area contributed by atoms with Gasteiger partial charge in [0, 0.05) is 33.0 Å². The van der Waals surface area contributed by atoms with Crippen molar-refractivity contribution in [2.45, 2.75) is 19.9 Å². The Bertz CT molecular complexity index is 444. The number of imidazole rings is 1. The summed E-state index contributed by atoms with van der Waals surface area (Å²) in [6.45, 7) is 2.37. The second kappa shape index (κ2) is 6.77. The zero-order chi connectivity index (χ0) is 14.4. The van der Waals surface area contributed by atoms with Gasteiger partial charge in [-0.25, -0.2) is 9.78 Å². The third kappa shape index (κ3) is 4.61. The van der Waals surface area contributed by atoms with Crippen LogP contribution in [0, 0.1) is 5.92 Å². The average molecular weight is 268 g/mol. The fraction of sp³-hybridized carbons (Fsp3) is 0.583. The lowest BCUT2D eigenvalue weighted by atomic mass is 10.1. The van der Waals surface area contributed by atoms with Crippen LogP contribution in [0.3, 0.4) is 0 Å². The Morgan fingerprint density at radius 3 is 2.79 bits per heavy atom. The molecule has 106 valence electrons. The number of aromatic nitrogens is 2. The number of nitrogens with zero attached hydrogens (tertiary/aromatic N) is 3. The van der Waals surface area contributed by atoms with Gasteiger partial charge in [-0.15, -0.1) is 0 Å². The molecule has 0 aliphatic heterocycles. The number of aryl methyl sites for hydroxylation is 1. The van der Waals surface area contributed by atoms with E-state index in [0.29, 0.717) is 19.5 Å². The number of carboxylic acids is 1. The molecule has 7 heteroatoms. The van der Waals surface area contributed by atoms with Crippen LogP contribution in [0.1, 0.15) is 19.2 Å². The molecule has 2 amide bonds. The summed E-state index contributed by atoms with van der Waals surface area (Å²) in [5, 5.41) is 11.4. The highest BCUT2D eigenvalue weighted by molar-refractivity contribution is 5.74. The number of carbonyl (C=O) groups is 2. The molecule has 1 heterocycles. The maximum Gasteiger partial charge on any atom is 0.317 e. The summed E-state index contributed by atoms with van der Waals surface area (Å²) >= 11 is 0. The Balaban J connectivity index is 2.33. The quantitative estimate of drug-likeness (QED) is 0.794. The van der Waals surface area contributed by atoms with E-state index in [4.69, 9.17) is 5.11 Å². The summed E-state index contributed by atoms with van der Waals surface area (Å²) < 4.78 is 1.84. The van der Waals surface area contributed by atoms with Crippen LogP contribution < -0.4 is 5.32 Å². The van der Waals surface area contributed by atoms with Gasteiger partial charge in [-0.3, -0.25) is 4.79 Å². The number of hydrogen-bond donors (Lipinski definition) is 2. The van der Waals surface area contributed by atoms with E-state index >= 15 is 0 Å². The maximum absolute atomic E-state index is 11.8. The topological polar surface area (TPSA) is 87.5 Å². The predicted molar refractivity (Wildman–Crippen MR) is 69.5 cm³/mol. The molecule has 0 fully saturated rings. The van der Waals surface area contributed by atoms with Gasteiger partial charge in [0.1, 0.15) is 5.82 Å². The molecule has 0 saturated carbocycles. The smallest absolute Gasteiger partial charge is 0.317 e. The highest BCUT2D eigenvalue weighted by atomic mass is 16.4. The van der Waals surface area contributed by atoms with E-state index in [1.807, 2.05) is 17.8 Å². The van der Waals surface area contributed by atoms with Crippen LogP contribution in [-0.4, -0.2) is 45.2 Å². The molecule has 1 aromatic rings. The first-order valence-electron chi connectivity index (χ1n) is 6.09. The molecule has 0 spiro atoms. The van der Waals surface area contributed by atoms with Gasteiger partial charge in [-0.2, -0.15) is 0 Å². The van der Waals surface area contributed by atoms with E-state index in [1.54, 1.807) is 20.2 Å². The monoisotopic (exact) mass is 268 g/mol. The van der Waals surface area contributed by atoms with Gasteiger partial charge in [0.2, 0.25) is 0 Å². The van der Waals surface area contributed by atoms with E-state index in [9.17, 15) is 9.59 Å². The van der Waals surface area contributed by atoms with Crippen LogP contribution in [0.5, 0.6) is 0 Å². The predicted octanol–water partition coefficient (Wildman–Crippen LogP) is 0.672. The summed E-state index contributed by atoms with van der Waals surface area (Å²) in [6, 6.07) is -0.236. The standard InChI is InChI=1S/C12H20N4O3/c1-9(11(17)18)4-5-14-12(19)16(3)8-10-13-6-7-15(10)2/h6-7,9H,4-5,8H2,1-3H3,(H,14,19)(H,17,18). The van der Waals surface area contributed by atoms with E-state index in [1.165, 1.54) is 4.90 Å². The Morgan fingerprint density at radius 2 is 2.26 bits per heavy atom. The highest BCUT2D eigenvalue weighted by Crippen LogP contribution is 2.01. The molecule has 7 nitrogen and oxygen atoms in total. The molecule has 0 aliphatic carbocycles. The van der Waals surface area contributed by atoms with Gasteiger partial charge < -0.3 is 19.9 Å². The molecule has 1 aromatic heterocycles. The number of nitrogens with one attached hydrogen (secondary N) is 1. The first-order chi connectivity index (χ1) is 8.91. The van der Waals surface area contributed by atoms with Crippen molar-refractivity contribution in [3.63, 3.8) is 0 Å². The van der Waals surface area contributed by atoms with Crippen molar-refractivity contribution < 1.29 is 14.7 Å². The number of hydrogen-bond acceptors (Lipinski definition) is 3. The lowest BCUT2D eigenvalue weighted by molar-refractivity contribution is -0.141. The van der Waals surface area contributed by atoms with Crippen molar-refractivity contribution in [2.24, 2.45) is 13.0 Å². The number of amides is 2. The molecule has 1 atom stereocenters. The maximum atomic E-state index is 11.8. The Morgan fingerprint density at radius 1 is 1.58 bits per heavy atom. The van der Waals surface area contributed by atoms with Crippen molar-refractivity contribution >= 4 is 12.0 Å². The summed E-state index contributed by atoms with van der Waals surface area (Å²) in [6.07, 6.45) is 3.91. The van der Waals surface area contributed by atoms with Gasteiger partial charge in [0.25, 0.3) is 0 Å². The molecule has 1 rings (SSSR count). The molecule has 1 unspecified atom stereocenters. The van der Waals surface area contributed by atoms with Crippen LogP contribution in [-0.2, 0) is 18.4 Å². The second-order valence-corrected chi connectivity index (χ2v) is 4.57. The van der Waals surface area contributed by atoms with E-state index < -0.39 is 11.9 Å². The first kappa shape index (κ1) is 15.0. The Hall–Kier alpha value is -2.05. The minimum atomic E-state index is -0.851. The van der Waals surface area contributed by atoms with Crippen LogP contribution in [0.15, 0.2) is 12.4 Å². The minimum Gasteiger partial charge on any atom is -0.481 e. The molecule has 0 radical (unpaired) electrons. The third-order valence-corrected chi connectivity index (χ3v) is 2.92. The lowest BCUT2D eigenvalue weighted by Crippen LogP contribution is -2.38.